The molecule has 1 aromatic rings. The molecule has 2 rings (SSSR count). The van der Waals surface area contributed by atoms with Gasteiger partial charge in [0.1, 0.15) is 0 Å². The Morgan fingerprint density at radius 1 is 1.32 bits per heavy atom. The lowest BCUT2D eigenvalue weighted by atomic mass is 9.95. The van der Waals surface area contributed by atoms with E-state index in [-0.39, 0.29) is 0 Å². The topological polar surface area (TPSA) is 38.5 Å². The summed E-state index contributed by atoms with van der Waals surface area (Å²) in [4.78, 5) is 2.45. The molecule has 3 heteroatoms. The first-order valence-corrected chi connectivity index (χ1v) is 7.20. The summed E-state index contributed by atoms with van der Waals surface area (Å²) in [5, 5.41) is 0. The van der Waals surface area contributed by atoms with Crippen LogP contribution in [-0.4, -0.2) is 37.7 Å². The number of ether oxygens (including phenoxy) is 1. The lowest BCUT2D eigenvalue weighted by Crippen LogP contribution is -2.41. The average Bonchev–Trinajstić information content (AvgIpc) is 2.44. The Morgan fingerprint density at radius 3 is 2.63 bits per heavy atom. The number of nitrogens with zero attached hydrogens (tertiary/aromatic N) is 1. The molecule has 1 aliphatic rings. The highest BCUT2D eigenvalue weighted by Gasteiger charge is 2.25. The van der Waals surface area contributed by atoms with E-state index in [4.69, 9.17) is 10.5 Å². The van der Waals surface area contributed by atoms with E-state index in [0.717, 1.165) is 26.1 Å². The summed E-state index contributed by atoms with van der Waals surface area (Å²) in [6.07, 6.45) is 2.22. The van der Waals surface area contributed by atoms with E-state index >= 15 is 0 Å². The van der Waals surface area contributed by atoms with Crippen LogP contribution in [0.2, 0.25) is 0 Å². The standard InChI is InChI=1S/C16H26N2O/c1-12-4-5-13(2)15(10-12)16(11-17)18(3)14-6-8-19-9-7-14/h4-5,10,14,16H,6-9,11,17H2,1-3H3. The monoisotopic (exact) mass is 262 g/mol. The first-order chi connectivity index (χ1) is 9.13. The van der Waals surface area contributed by atoms with Crippen molar-refractivity contribution in [3.8, 4) is 0 Å². The van der Waals surface area contributed by atoms with Gasteiger partial charge in [0, 0.05) is 31.8 Å². The van der Waals surface area contributed by atoms with Crippen LogP contribution in [0.3, 0.4) is 0 Å². The molecule has 1 saturated heterocycles. The maximum Gasteiger partial charge on any atom is 0.0480 e. The van der Waals surface area contributed by atoms with Crippen LogP contribution in [0.25, 0.3) is 0 Å². The zero-order valence-electron chi connectivity index (χ0n) is 12.4. The molecule has 1 aliphatic heterocycles. The molecule has 0 radical (unpaired) electrons. The minimum atomic E-state index is 0.308. The van der Waals surface area contributed by atoms with Gasteiger partial charge in [0.25, 0.3) is 0 Å². The lowest BCUT2D eigenvalue weighted by molar-refractivity contribution is 0.0293. The van der Waals surface area contributed by atoms with Gasteiger partial charge in [-0.2, -0.15) is 0 Å². The summed E-state index contributed by atoms with van der Waals surface area (Å²) in [7, 11) is 2.20. The molecule has 1 fully saturated rings. The van der Waals surface area contributed by atoms with Crippen LogP contribution in [0.15, 0.2) is 18.2 Å². The Labute approximate surface area is 116 Å². The predicted octanol–water partition coefficient (Wildman–Crippen LogP) is 2.41. The second-order valence-electron chi connectivity index (χ2n) is 5.62. The highest BCUT2D eigenvalue weighted by atomic mass is 16.5. The fraction of sp³-hybridized carbons (Fsp3) is 0.625. The van der Waals surface area contributed by atoms with Crippen molar-refractivity contribution in [2.24, 2.45) is 5.73 Å². The summed E-state index contributed by atoms with van der Waals surface area (Å²) in [5.41, 5.74) is 10.1. The van der Waals surface area contributed by atoms with Gasteiger partial charge in [-0.1, -0.05) is 23.8 Å². The van der Waals surface area contributed by atoms with Crippen LogP contribution >= 0.6 is 0 Å². The molecule has 1 unspecified atom stereocenters. The zero-order chi connectivity index (χ0) is 13.8. The van der Waals surface area contributed by atoms with Gasteiger partial charge in [0.2, 0.25) is 0 Å². The first-order valence-electron chi connectivity index (χ1n) is 7.20. The van der Waals surface area contributed by atoms with E-state index in [1.165, 1.54) is 16.7 Å². The molecule has 0 amide bonds. The number of aryl methyl sites for hydroxylation is 2. The molecule has 0 saturated carbocycles. The number of likely N-dealkylation sites (N-methyl/N-ethyl adjacent to an activating group) is 1. The van der Waals surface area contributed by atoms with E-state index in [0.29, 0.717) is 18.6 Å². The van der Waals surface area contributed by atoms with E-state index in [2.05, 4.69) is 44.0 Å². The van der Waals surface area contributed by atoms with Crippen molar-refractivity contribution in [2.75, 3.05) is 26.8 Å². The number of rotatable bonds is 4. The molecule has 0 aliphatic carbocycles. The lowest BCUT2D eigenvalue weighted by Gasteiger charge is -2.37. The van der Waals surface area contributed by atoms with Gasteiger partial charge in [0.05, 0.1) is 0 Å². The maximum atomic E-state index is 6.06. The minimum absolute atomic E-state index is 0.308. The molecular weight excluding hydrogens is 236 g/mol. The Balaban J connectivity index is 2.20. The molecule has 0 spiro atoms. The van der Waals surface area contributed by atoms with Crippen molar-refractivity contribution in [2.45, 2.75) is 38.8 Å². The van der Waals surface area contributed by atoms with Crippen LogP contribution in [0.4, 0.5) is 0 Å². The SMILES string of the molecule is Cc1ccc(C)c(C(CN)N(C)C2CCOCC2)c1. The maximum absolute atomic E-state index is 6.06. The van der Waals surface area contributed by atoms with Crippen LogP contribution in [0, 0.1) is 13.8 Å². The van der Waals surface area contributed by atoms with E-state index in [1.54, 1.807) is 0 Å². The second kappa shape index (κ2) is 6.51. The molecule has 0 bridgehead atoms. The summed E-state index contributed by atoms with van der Waals surface area (Å²) in [6, 6.07) is 7.54. The number of hydrogen-bond donors (Lipinski definition) is 1. The molecule has 3 nitrogen and oxygen atoms in total. The van der Waals surface area contributed by atoms with Crippen LogP contribution in [0.1, 0.15) is 35.6 Å². The van der Waals surface area contributed by atoms with E-state index in [9.17, 15) is 0 Å². The highest BCUT2D eigenvalue weighted by molar-refractivity contribution is 5.33. The van der Waals surface area contributed by atoms with Gasteiger partial charge >= 0.3 is 0 Å². The Hall–Kier alpha value is -0.900. The largest absolute Gasteiger partial charge is 0.381 e. The summed E-state index contributed by atoms with van der Waals surface area (Å²) in [5.74, 6) is 0. The molecular formula is C16H26N2O. The third-order valence-electron chi connectivity index (χ3n) is 4.28. The van der Waals surface area contributed by atoms with Gasteiger partial charge in [0.15, 0.2) is 0 Å². The smallest absolute Gasteiger partial charge is 0.0480 e. The first kappa shape index (κ1) is 14.5. The second-order valence-corrected chi connectivity index (χ2v) is 5.62. The van der Waals surface area contributed by atoms with Crippen molar-refractivity contribution < 1.29 is 4.74 Å². The average molecular weight is 262 g/mol. The van der Waals surface area contributed by atoms with Crippen LogP contribution in [-0.2, 0) is 4.74 Å². The minimum Gasteiger partial charge on any atom is -0.381 e. The molecule has 1 atom stereocenters. The highest BCUT2D eigenvalue weighted by Crippen LogP contribution is 2.27. The van der Waals surface area contributed by atoms with Gasteiger partial charge in [-0.15, -0.1) is 0 Å². The normalized spacial score (nSPS) is 18.8. The zero-order valence-corrected chi connectivity index (χ0v) is 12.4. The third kappa shape index (κ3) is 3.35. The molecule has 1 heterocycles. The number of hydrogen-bond acceptors (Lipinski definition) is 3. The Morgan fingerprint density at radius 2 is 2.00 bits per heavy atom. The molecule has 1 aromatic carbocycles. The van der Waals surface area contributed by atoms with Gasteiger partial charge in [-0.05, 0) is 44.9 Å². The fourth-order valence-corrected chi connectivity index (χ4v) is 2.98. The van der Waals surface area contributed by atoms with Gasteiger partial charge < -0.3 is 10.5 Å². The Bertz CT molecular complexity index is 413. The summed E-state index contributed by atoms with van der Waals surface area (Å²) in [6.45, 7) is 6.73. The molecule has 2 N–H and O–H groups in total. The van der Waals surface area contributed by atoms with Crippen molar-refractivity contribution in [3.63, 3.8) is 0 Å². The van der Waals surface area contributed by atoms with E-state index in [1.807, 2.05) is 0 Å². The van der Waals surface area contributed by atoms with Crippen molar-refractivity contribution in [3.05, 3.63) is 34.9 Å². The number of benzene rings is 1. The fourth-order valence-electron chi connectivity index (χ4n) is 2.98. The quantitative estimate of drug-likeness (QED) is 0.905. The summed E-state index contributed by atoms with van der Waals surface area (Å²) < 4.78 is 5.45. The van der Waals surface area contributed by atoms with Crippen molar-refractivity contribution in [1.82, 2.24) is 4.90 Å². The van der Waals surface area contributed by atoms with Crippen LogP contribution in [0.5, 0.6) is 0 Å². The molecule has 19 heavy (non-hydrogen) atoms. The van der Waals surface area contributed by atoms with Crippen molar-refractivity contribution >= 4 is 0 Å². The van der Waals surface area contributed by atoms with Gasteiger partial charge in [-0.25, -0.2) is 0 Å². The third-order valence-corrected chi connectivity index (χ3v) is 4.28. The van der Waals surface area contributed by atoms with Crippen LogP contribution < -0.4 is 5.73 Å². The summed E-state index contributed by atoms with van der Waals surface area (Å²) >= 11 is 0. The van der Waals surface area contributed by atoms with Crippen molar-refractivity contribution in [1.29, 1.82) is 0 Å². The molecule has 0 aromatic heterocycles. The molecule has 106 valence electrons. The number of nitrogens with two attached hydrogens (primary N) is 1. The van der Waals surface area contributed by atoms with Gasteiger partial charge in [-0.3, -0.25) is 4.90 Å². The predicted molar refractivity (Wildman–Crippen MR) is 79.3 cm³/mol. The Kier molecular flexibility index (Phi) is 4.97. The van der Waals surface area contributed by atoms with E-state index < -0.39 is 0 Å².